The molecule has 0 aromatic rings. The number of carbonyl (C=O) groups excluding carboxylic acids is 1. The summed E-state index contributed by atoms with van der Waals surface area (Å²) in [5.74, 6) is 0.229. The van der Waals surface area contributed by atoms with Crippen LogP contribution in [0.2, 0.25) is 0 Å². The van der Waals surface area contributed by atoms with E-state index in [4.69, 9.17) is 4.55 Å². The van der Waals surface area contributed by atoms with Gasteiger partial charge in [0.15, 0.2) is 0 Å². The zero-order valence-corrected chi connectivity index (χ0v) is 20.7. The summed E-state index contributed by atoms with van der Waals surface area (Å²) in [6, 6.07) is 0. The molecule has 30 heavy (non-hydrogen) atoms. The van der Waals surface area contributed by atoms with Gasteiger partial charge in [0.1, 0.15) is 5.78 Å². The van der Waals surface area contributed by atoms with Crippen molar-refractivity contribution in [2.24, 2.45) is 0 Å². The third-order valence-electron chi connectivity index (χ3n) is 5.62. The van der Waals surface area contributed by atoms with Crippen LogP contribution in [0, 0.1) is 0 Å². The summed E-state index contributed by atoms with van der Waals surface area (Å²) in [7, 11) is -4.46. The lowest BCUT2D eigenvalue weighted by Crippen LogP contribution is -2.27. The van der Waals surface area contributed by atoms with Crippen molar-refractivity contribution in [3.63, 3.8) is 0 Å². The molecule has 0 saturated heterocycles. The molecule has 0 aliphatic carbocycles. The standard InChI is InChI=1S/C24H48O5S/c1-4-5-6-7-8-9-10-11-12-13-14-15-16-17-18-20-23(25)21-19-22-24(2,3)29-30(26,27)28/h4-22H2,1-3H3,(H,26,27,28). The molecule has 0 aromatic carbocycles. The van der Waals surface area contributed by atoms with Gasteiger partial charge in [0.25, 0.3) is 0 Å². The largest absolute Gasteiger partial charge is 0.397 e. The van der Waals surface area contributed by atoms with Gasteiger partial charge < -0.3 is 0 Å². The molecule has 0 amide bonds. The minimum absolute atomic E-state index is 0.229. The van der Waals surface area contributed by atoms with Gasteiger partial charge in [0.2, 0.25) is 0 Å². The van der Waals surface area contributed by atoms with E-state index >= 15 is 0 Å². The first-order valence-electron chi connectivity index (χ1n) is 12.4. The highest BCUT2D eigenvalue weighted by Gasteiger charge is 2.25. The van der Waals surface area contributed by atoms with Gasteiger partial charge in [-0.3, -0.25) is 9.35 Å². The first kappa shape index (κ1) is 29.5. The van der Waals surface area contributed by atoms with Crippen LogP contribution in [0.1, 0.15) is 143 Å². The van der Waals surface area contributed by atoms with Crippen LogP contribution in [0.15, 0.2) is 0 Å². The monoisotopic (exact) mass is 448 g/mol. The van der Waals surface area contributed by atoms with Crippen LogP contribution in [0.3, 0.4) is 0 Å². The Morgan fingerprint density at radius 3 is 1.47 bits per heavy atom. The molecular weight excluding hydrogens is 400 g/mol. The number of ketones is 1. The molecule has 0 radical (unpaired) electrons. The van der Waals surface area contributed by atoms with Crippen LogP contribution < -0.4 is 0 Å². The predicted octanol–water partition coefficient (Wildman–Crippen LogP) is 7.59. The SMILES string of the molecule is CCCCCCCCCCCCCCCCCC(=O)CCCC(C)(C)OS(=O)(=O)O. The van der Waals surface area contributed by atoms with Crippen molar-refractivity contribution < 1.29 is 21.9 Å². The Bertz CT molecular complexity index is 514. The molecule has 0 rings (SSSR count). The number of hydrogen-bond acceptors (Lipinski definition) is 4. The molecule has 0 bridgehead atoms. The molecule has 0 unspecified atom stereocenters. The van der Waals surface area contributed by atoms with Crippen LogP contribution in [-0.2, 0) is 19.4 Å². The maximum atomic E-state index is 11.9. The third-order valence-corrected chi connectivity index (χ3v) is 6.29. The fourth-order valence-electron chi connectivity index (χ4n) is 3.86. The molecule has 1 N–H and O–H groups in total. The van der Waals surface area contributed by atoms with E-state index < -0.39 is 16.0 Å². The Morgan fingerprint density at radius 2 is 1.07 bits per heavy atom. The third kappa shape index (κ3) is 22.2. The highest BCUT2D eigenvalue weighted by molar-refractivity contribution is 7.80. The second kappa shape index (κ2) is 18.1. The fourth-order valence-corrected chi connectivity index (χ4v) is 4.51. The molecule has 0 fully saturated rings. The number of carbonyl (C=O) groups is 1. The molecule has 0 atom stereocenters. The maximum absolute atomic E-state index is 11.9. The molecule has 0 aliphatic rings. The highest BCUT2D eigenvalue weighted by atomic mass is 32.3. The quantitative estimate of drug-likeness (QED) is 0.136. The van der Waals surface area contributed by atoms with Gasteiger partial charge in [-0.15, -0.1) is 0 Å². The second-order valence-electron chi connectivity index (χ2n) is 9.36. The summed E-state index contributed by atoms with van der Waals surface area (Å²) in [6.07, 6.45) is 21.7. The molecule has 0 saturated carbocycles. The van der Waals surface area contributed by atoms with Gasteiger partial charge in [-0.1, -0.05) is 96.8 Å². The average Bonchev–Trinajstić information content (AvgIpc) is 2.62. The van der Waals surface area contributed by atoms with E-state index in [-0.39, 0.29) is 5.78 Å². The van der Waals surface area contributed by atoms with Crippen molar-refractivity contribution in [1.29, 1.82) is 0 Å². The van der Waals surface area contributed by atoms with Crippen molar-refractivity contribution in [3.8, 4) is 0 Å². The molecular formula is C24H48O5S. The Kier molecular flexibility index (Phi) is 17.9. The van der Waals surface area contributed by atoms with E-state index in [0.717, 1.165) is 12.8 Å². The zero-order valence-electron chi connectivity index (χ0n) is 19.9. The van der Waals surface area contributed by atoms with Crippen LogP contribution in [-0.4, -0.2) is 24.4 Å². The summed E-state index contributed by atoms with van der Waals surface area (Å²) >= 11 is 0. The lowest BCUT2D eigenvalue weighted by atomic mass is 9.98. The predicted molar refractivity (Wildman–Crippen MR) is 125 cm³/mol. The van der Waals surface area contributed by atoms with Gasteiger partial charge in [-0.2, -0.15) is 8.42 Å². The number of Topliss-reactive ketones (excluding diaryl/α,β-unsaturated/α-hetero) is 1. The van der Waals surface area contributed by atoms with Gasteiger partial charge in [-0.25, -0.2) is 4.18 Å². The summed E-state index contributed by atoms with van der Waals surface area (Å²) in [5, 5.41) is 0. The van der Waals surface area contributed by atoms with Gasteiger partial charge in [0, 0.05) is 12.8 Å². The van der Waals surface area contributed by atoms with Crippen molar-refractivity contribution in [2.45, 2.75) is 148 Å². The number of rotatable bonds is 22. The Morgan fingerprint density at radius 1 is 0.700 bits per heavy atom. The van der Waals surface area contributed by atoms with E-state index in [0.29, 0.717) is 25.7 Å². The lowest BCUT2D eigenvalue weighted by Gasteiger charge is -2.22. The average molecular weight is 449 g/mol. The Balaban J connectivity index is 3.39. The smallest absolute Gasteiger partial charge is 0.300 e. The van der Waals surface area contributed by atoms with Crippen molar-refractivity contribution in [1.82, 2.24) is 0 Å². The van der Waals surface area contributed by atoms with E-state index in [9.17, 15) is 13.2 Å². The normalized spacial score (nSPS) is 12.4. The van der Waals surface area contributed by atoms with Crippen molar-refractivity contribution >= 4 is 16.2 Å². The topological polar surface area (TPSA) is 80.7 Å². The minimum Gasteiger partial charge on any atom is -0.300 e. The van der Waals surface area contributed by atoms with Gasteiger partial charge >= 0.3 is 10.4 Å². The maximum Gasteiger partial charge on any atom is 0.397 e. The lowest BCUT2D eigenvalue weighted by molar-refractivity contribution is -0.119. The first-order valence-corrected chi connectivity index (χ1v) is 13.7. The van der Waals surface area contributed by atoms with E-state index in [1.54, 1.807) is 13.8 Å². The number of hydrogen-bond donors (Lipinski definition) is 1. The van der Waals surface area contributed by atoms with E-state index in [2.05, 4.69) is 11.1 Å². The van der Waals surface area contributed by atoms with Crippen LogP contribution in [0.4, 0.5) is 0 Å². The van der Waals surface area contributed by atoms with Crippen LogP contribution >= 0.6 is 0 Å². The number of unbranched alkanes of at least 4 members (excludes halogenated alkanes) is 14. The molecule has 0 aromatic heterocycles. The van der Waals surface area contributed by atoms with E-state index in [1.807, 2.05) is 0 Å². The van der Waals surface area contributed by atoms with Crippen LogP contribution in [0.25, 0.3) is 0 Å². The Labute approximate surface area is 186 Å². The van der Waals surface area contributed by atoms with E-state index in [1.165, 1.54) is 83.5 Å². The molecule has 0 aliphatic heterocycles. The highest BCUT2D eigenvalue weighted by Crippen LogP contribution is 2.21. The van der Waals surface area contributed by atoms with Crippen LogP contribution in [0.5, 0.6) is 0 Å². The minimum atomic E-state index is -4.46. The second-order valence-corrected chi connectivity index (χ2v) is 10.4. The molecule has 6 heteroatoms. The summed E-state index contributed by atoms with van der Waals surface area (Å²) in [6.45, 7) is 5.46. The fraction of sp³-hybridized carbons (Fsp3) is 0.958. The van der Waals surface area contributed by atoms with Crippen molar-refractivity contribution in [3.05, 3.63) is 0 Å². The molecule has 0 heterocycles. The zero-order chi connectivity index (χ0) is 22.7. The molecule has 0 spiro atoms. The van der Waals surface area contributed by atoms with Gasteiger partial charge in [-0.05, 0) is 33.1 Å². The first-order chi connectivity index (χ1) is 14.2. The van der Waals surface area contributed by atoms with Crippen molar-refractivity contribution in [2.75, 3.05) is 0 Å². The molecule has 5 nitrogen and oxygen atoms in total. The Hall–Kier alpha value is -0.460. The molecule has 180 valence electrons. The van der Waals surface area contributed by atoms with Gasteiger partial charge in [0.05, 0.1) is 5.60 Å². The summed E-state index contributed by atoms with van der Waals surface area (Å²) in [4.78, 5) is 11.9. The summed E-state index contributed by atoms with van der Waals surface area (Å²) < 4.78 is 34.9. The summed E-state index contributed by atoms with van der Waals surface area (Å²) in [5.41, 5.74) is -0.984.